The number of rotatable bonds is 8. The highest BCUT2D eigenvalue weighted by atomic mass is 16.5. The van der Waals surface area contributed by atoms with Crippen molar-refractivity contribution in [2.24, 2.45) is 0 Å². The fourth-order valence-electron chi connectivity index (χ4n) is 11.5. The number of pyridine rings is 1. The lowest BCUT2D eigenvalue weighted by molar-refractivity contribution is -0.660. The van der Waals surface area contributed by atoms with Gasteiger partial charge in [-0.25, -0.2) is 4.98 Å². The second kappa shape index (κ2) is 21.6. The van der Waals surface area contributed by atoms with E-state index in [-0.39, 0.29) is 43.3 Å². The summed E-state index contributed by atoms with van der Waals surface area (Å²) in [4.78, 5) is 5.03. The summed E-state index contributed by atoms with van der Waals surface area (Å²) < 4.78 is 13.6. The minimum absolute atomic E-state index is 0.0252. The molecule has 0 saturated heterocycles. The van der Waals surface area contributed by atoms with E-state index in [1.165, 1.54) is 49.9 Å². The van der Waals surface area contributed by atoms with Gasteiger partial charge in [0.15, 0.2) is 5.82 Å². The highest BCUT2D eigenvalue weighted by molar-refractivity contribution is 6.10. The summed E-state index contributed by atoms with van der Waals surface area (Å²) >= 11 is 0. The highest BCUT2D eigenvalue weighted by Gasteiger charge is 2.30. The highest BCUT2D eigenvalue weighted by Crippen LogP contribution is 2.46. The molecule has 452 valence electrons. The van der Waals surface area contributed by atoms with Crippen molar-refractivity contribution in [3.63, 3.8) is 0 Å². The van der Waals surface area contributed by atoms with Crippen LogP contribution in [0.1, 0.15) is 211 Å². The topological polar surface area (TPSA) is 48.8 Å². The lowest BCUT2D eigenvalue weighted by Crippen LogP contribution is -2.34. The summed E-state index contributed by atoms with van der Waals surface area (Å²) in [7, 11) is 0. The maximum atomic E-state index is 7.11. The van der Waals surface area contributed by atoms with Gasteiger partial charge in [0.05, 0.1) is 22.4 Å². The molecular weight excluding hydrogens is 1060 g/mol. The molecule has 0 fully saturated rings. The average Bonchev–Trinajstić information content (AvgIpc) is 1.92. The summed E-state index contributed by atoms with van der Waals surface area (Å²) in [6.45, 7) is 55.2. The number of aromatic nitrogens is 5. The number of hydrogen-bond acceptors (Lipinski definition) is 3. The second-order valence-electron chi connectivity index (χ2n) is 33.0. The monoisotopic (exact) mass is 1160 g/mol. The predicted octanol–water partition coefficient (Wildman–Crippen LogP) is 21.6. The van der Waals surface area contributed by atoms with Gasteiger partial charge >= 0.3 is 0 Å². The Morgan fingerprint density at radius 1 is 0.379 bits per heavy atom. The van der Waals surface area contributed by atoms with Gasteiger partial charge in [0.2, 0.25) is 0 Å². The van der Waals surface area contributed by atoms with Crippen LogP contribution >= 0.6 is 0 Å². The van der Waals surface area contributed by atoms with Crippen molar-refractivity contribution in [1.29, 1.82) is 0 Å². The number of ether oxygens (including phenoxy) is 1. The zero-order valence-electron chi connectivity index (χ0n) is 57.1. The lowest BCUT2D eigenvalue weighted by atomic mass is 9.77. The predicted molar refractivity (Wildman–Crippen MR) is 368 cm³/mol. The number of nitrogens with zero attached hydrogens (tertiary/aromatic N) is 5. The molecule has 87 heavy (non-hydrogen) atoms. The Morgan fingerprint density at radius 2 is 0.828 bits per heavy atom. The largest absolute Gasteiger partial charge is 0.458 e. The molecule has 10 rings (SSSR count). The van der Waals surface area contributed by atoms with E-state index in [2.05, 4.69) is 327 Å². The summed E-state index contributed by atoms with van der Waals surface area (Å²) in [5.41, 5.74) is 18.8. The van der Waals surface area contributed by atoms with E-state index in [9.17, 15) is 0 Å². The number of hydrogen-bond donors (Lipinski definition) is 0. The van der Waals surface area contributed by atoms with Crippen LogP contribution in [0.4, 0.5) is 0 Å². The van der Waals surface area contributed by atoms with Gasteiger partial charge in [0, 0.05) is 28.6 Å². The molecule has 10 aromatic rings. The fourth-order valence-corrected chi connectivity index (χ4v) is 11.5. The molecule has 0 aliphatic rings. The molecule has 6 nitrogen and oxygen atoms in total. The molecular formula is C81H97N5O. The molecule has 7 aromatic carbocycles. The Balaban J connectivity index is 1.25. The minimum atomic E-state index is -0.126. The van der Waals surface area contributed by atoms with E-state index in [1.807, 2.05) is 10.9 Å². The van der Waals surface area contributed by atoms with Crippen molar-refractivity contribution < 1.29 is 9.42 Å². The Bertz CT molecular complexity index is 4060. The molecule has 0 saturated carbocycles. The van der Waals surface area contributed by atoms with Crippen molar-refractivity contribution in [3.8, 4) is 62.3 Å². The van der Waals surface area contributed by atoms with E-state index < -0.39 is 0 Å². The first-order chi connectivity index (χ1) is 40.1. The maximum absolute atomic E-state index is 7.11. The third kappa shape index (κ3) is 12.9. The number of fused-ring (bicyclic) bond motifs is 3. The smallest absolute Gasteiger partial charge is 0.273 e. The first-order valence-electron chi connectivity index (χ1n) is 31.5. The van der Waals surface area contributed by atoms with Gasteiger partial charge in [0.25, 0.3) is 6.33 Å². The van der Waals surface area contributed by atoms with Crippen LogP contribution in [-0.2, 0) is 43.3 Å². The van der Waals surface area contributed by atoms with Crippen molar-refractivity contribution in [3.05, 3.63) is 203 Å². The molecule has 0 atom stereocenters. The molecule has 0 radical (unpaired) electrons. The van der Waals surface area contributed by atoms with Crippen molar-refractivity contribution >= 4 is 21.8 Å². The number of benzene rings is 7. The standard InChI is InChI=1S/C81H97N5O/c1-74(2,3)53-31-34-69-68(46-53)67-33-32-64(49-70(67)86(69)71-47-54(35-36-82-71)75(4,5)6)87-63-28-25-27-61(48-63)84-50-85(62-44-59(80(19,20)21)43-60(45-62)81(22,23)24)83-73(84)72-65(51-37-55(76(7,8)9)41-56(38-51)77(10,11)12)29-26-30-66(72)52-39-57(78(13,14)15)42-58(40-52)79(16,17)18/h25-49H,1-24H3. The van der Waals surface area contributed by atoms with Crippen LogP contribution in [0.25, 0.3) is 72.6 Å². The Morgan fingerprint density at radius 3 is 1.31 bits per heavy atom. The van der Waals surface area contributed by atoms with E-state index in [1.54, 1.807) is 0 Å². The van der Waals surface area contributed by atoms with E-state index >= 15 is 0 Å². The molecule has 3 aromatic heterocycles. The molecule has 0 aliphatic carbocycles. The first-order valence-corrected chi connectivity index (χ1v) is 31.5. The molecule has 0 bridgehead atoms. The summed E-state index contributed by atoms with van der Waals surface area (Å²) in [5, 5.41) is 8.19. The zero-order valence-corrected chi connectivity index (χ0v) is 57.1. The van der Waals surface area contributed by atoms with E-state index in [0.29, 0.717) is 5.75 Å². The van der Waals surface area contributed by atoms with E-state index in [4.69, 9.17) is 14.8 Å². The Labute approximate surface area is 522 Å². The van der Waals surface area contributed by atoms with Crippen LogP contribution in [0.15, 0.2) is 152 Å². The molecule has 6 heteroatoms. The van der Waals surface area contributed by atoms with Gasteiger partial charge in [0.1, 0.15) is 17.3 Å². The van der Waals surface area contributed by atoms with Crippen molar-refractivity contribution in [2.75, 3.05) is 0 Å². The van der Waals surface area contributed by atoms with Gasteiger partial charge in [-0.2, -0.15) is 4.68 Å². The first kappa shape index (κ1) is 62.5. The molecule has 0 N–H and O–H groups in total. The molecule has 0 unspecified atom stereocenters. The third-order valence-electron chi connectivity index (χ3n) is 17.5. The van der Waals surface area contributed by atoms with Crippen LogP contribution in [0.2, 0.25) is 0 Å². The van der Waals surface area contributed by atoms with Gasteiger partial charge in [-0.1, -0.05) is 257 Å². The van der Waals surface area contributed by atoms with Crippen molar-refractivity contribution in [2.45, 2.75) is 209 Å². The third-order valence-corrected chi connectivity index (χ3v) is 17.5. The van der Waals surface area contributed by atoms with Crippen LogP contribution in [-0.4, -0.2) is 19.2 Å². The van der Waals surface area contributed by atoms with Crippen LogP contribution in [0.3, 0.4) is 0 Å². The van der Waals surface area contributed by atoms with E-state index in [0.717, 1.165) is 73.0 Å². The lowest BCUT2D eigenvalue weighted by Gasteiger charge is -2.28. The zero-order chi connectivity index (χ0) is 63.5. The summed E-state index contributed by atoms with van der Waals surface area (Å²) in [5.74, 6) is 3.05. The SMILES string of the molecule is CC(C)(C)c1cc(-c2cccc(-c3cc(C(C)(C)C)cc(C(C)(C)C)c3)c2-c2n[n+](-c3cc(C(C)(C)C)cc(C(C)(C)C)c3)[c-]n2-c2cccc(Oc3ccc4c5cc(C(C)(C)C)ccc5n(-c5cc(C(C)(C)C)ccn5)c4c3)c2)cc(C(C)(C)C)c1. The van der Waals surface area contributed by atoms with Crippen LogP contribution in [0.5, 0.6) is 11.5 Å². The quantitative estimate of drug-likeness (QED) is 0.113. The fraction of sp³-hybridized carbons (Fsp3) is 0.395. The molecule has 0 amide bonds. The van der Waals surface area contributed by atoms with Gasteiger partial charge in [-0.05, 0) is 159 Å². The van der Waals surface area contributed by atoms with Gasteiger partial charge in [-0.3, -0.25) is 9.13 Å². The second-order valence-corrected chi connectivity index (χ2v) is 33.0. The van der Waals surface area contributed by atoms with Crippen LogP contribution < -0.4 is 9.42 Å². The molecule has 0 spiro atoms. The molecule has 3 heterocycles. The van der Waals surface area contributed by atoms with Gasteiger partial charge in [-0.15, -0.1) is 5.10 Å². The summed E-state index contributed by atoms with van der Waals surface area (Å²) in [6, 6.07) is 54.6. The average molecular weight is 1160 g/mol. The molecule has 0 aliphatic heterocycles. The van der Waals surface area contributed by atoms with Crippen LogP contribution in [0, 0.1) is 6.33 Å². The minimum Gasteiger partial charge on any atom is -0.458 e. The van der Waals surface area contributed by atoms with Crippen molar-refractivity contribution in [1.82, 2.24) is 19.2 Å². The Hall–Kier alpha value is -7.57. The Kier molecular flexibility index (Phi) is 15.5. The van der Waals surface area contributed by atoms with Gasteiger partial charge < -0.3 is 4.74 Å². The maximum Gasteiger partial charge on any atom is 0.273 e. The summed E-state index contributed by atoms with van der Waals surface area (Å²) in [6.07, 6.45) is 5.86. The normalized spacial score (nSPS) is 13.3.